The summed E-state index contributed by atoms with van der Waals surface area (Å²) in [6.45, 7) is 9.40. The van der Waals surface area contributed by atoms with Crippen LogP contribution in [-0.4, -0.2) is 53.6 Å². The van der Waals surface area contributed by atoms with Gasteiger partial charge in [-0.25, -0.2) is 0 Å². The molecule has 2 N–H and O–H groups in total. The summed E-state index contributed by atoms with van der Waals surface area (Å²) in [4.78, 5) is 5.58. The van der Waals surface area contributed by atoms with Crippen LogP contribution in [0.4, 0.5) is 0 Å². The van der Waals surface area contributed by atoms with Crippen molar-refractivity contribution in [1.82, 2.24) is 9.80 Å². The second kappa shape index (κ2) is 5.34. The molecule has 3 nitrogen and oxygen atoms in total. The number of rotatable bonds is 5. The van der Waals surface area contributed by atoms with Crippen molar-refractivity contribution in [3.05, 3.63) is 0 Å². The van der Waals surface area contributed by atoms with Crippen molar-refractivity contribution in [2.75, 3.05) is 26.2 Å². The molecular weight excluding hydrogens is 234 g/mol. The summed E-state index contributed by atoms with van der Waals surface area (Å²) in [6, 6.07) is 1.58. The van der Waals surface area contributed by atoms with Crippen LogP contribution in [-0.2, 0) is 0 Å². The Morgan fingerprint density at radius 1 is 1.21 bits per heavy atom. The largest absolute Gasteiger partial charge is 0.329 e. The van der Waals surface area contributed by atoms with Crippen LogP contribution in [0, 0.1) is 5.92 Å². The quantitative estimate of drug-likeness (QED) is 0.826. The van der Waals surface area contributed by atoms with Gasteiger partial charge in [0, 0.05) is 31.7 Å². The smallest absolute Gasteiger partial charge is 0.0501 e. The number of nitrogens with two attached hydrogens (primary N) is 1. The molecule has 0 aromatic heterocycles. The molecule has 0 bridgehead atoms. The Morgan fingerprint density at radius 3 is 2.63 bits per heavy atom. The zero-order valence-corrected chi connectivity index (χ0v) is 12.8. The molecule has 2 aliphatic heterocycles. The lowest BCUT2D eigenvalue weighted by Crippen LogP contribution is -2.63. The van der Waals surface area contributed by atoms with Crippen LogP contribution in [0.5, 0.6) is 0 Å². The molecule has 0 aromatic rings. The summed E-state index contributed by atoms with van der Waals surface area (Å²) in [6.07, 6.45) is 8.28. The SMILES string of the molecule is CC(C)CN(C1CC1)C1(CN)CCN2CCCCC21. The topological polar surface area (TPSA) is 32.5 Å². The summed E-state index contributed by atoms with van der Waals surface area (Å²) >= 11 is 0. The molecule has 3 fully saturated rings. The highest BCUT2D eigenvalue weighted by atomic mass is 15.3. The van der Waals surface area contributed by atoms with E-state index < -0.39 is 0 Å². The van der Waals surface area contributed by atoms with E-state index in [-0.39, 0.29) is 0 Å². The highest BCUT2D eigenvalue weighted by Gasteiger charge is 2.53. The molecular formula is C16H31N3. The highest BCUT2D eigenvalue weighted by molar-refractivity contribution is 5.11. The lowest BCUT2D eigenvalue weighted by atomic mass is 9.83. The van der Waals surface area contributed by atoms with Crippen LogP contribution in [0.1, 0.15) is 52.4 Å². The number of fused-ring (bicyclic) bond motifs is 1. The molecule has 3 aliphatic rings. The number of hydrogen-bond acceptors (Lipinski definition) is 3. The molecule has 0 aromatic carbocycles. The highest BCUT2D eigenvalue weighted by Crippen LogP contribution is 2.44. The Kier molecular flexibility index (Phi) is 3.89. The number of piperidine rings is 1. The molecule has 2 saturated heterocycles. The molecule has 0 spiro atoms. The van der Waals surface area contributed by atoms with Crippen molar-refractivity contribution < 1.29 is 0 Å². The van der Waals surface area contributed by atoms with Gasteiger partial charge < -0.3 is 5.73 Å². The van der Waals surface area contributed by atoms with Gasteiger partial charge >= 0.3 is 0 Å². The van der Waals surface area contributed by atoms with E-state index in [1.165, 1.54) is 58.2 Å². The minimum absolute atomic E-state index is 0.297. The Labute approximate surface area is 118 Å². The van der Waals surface area contributed by atoms with E-state index >= 15 is 0 Å². The van der Waals surface area contributed by atoms with Crippen LogP contribution >= 0.6 is 0 Å². The van der Waals surface area contributed by atoms with Gasteiger partial charge in [0.05, 0.1) is 5.54 Å². The summed E-state index contributed by atoms with van der Waals surface area (Å²) < 4.78 is 0. The first-order valence-electron chi connectivity index (χ1n) is 8.38. The molecule has 3 rings (SSSR count). The monoisotopic (exact) mass is 265 g/mol. The van der Waals surface area contributed by atoms with Crippen LogP contribution in [0.25, 0.3) is 0 Å². The fourth-order valence-electron chi connectivity index (χ4n) is 4.54. The lowest BCUT2D eigenvalue weighted by Gasteiger charge is -2.48. The van der Waals surface area contributed by atoms with Gasteiger partial charge in [-0.3, -0.25) is 9.80 Å². The van der Waals surface area contributed by atoms with Crippen molar-refractivity contribution >= 4 is 0 Å². The Bertz CT molecular complexity index is 313. The molecule has 19 heavy (non-hydrogen) atoms. The fraction of sp³-hybridized carbons (Fsp3) is 1.00. The molecule has 3 heteroatoms. The van der Waals surface area contributed by atoms with E-state index in [0.717, 1.165) is 24.5 Å². The minimum atomic E-state index is 0.297. The van der Waals surface area contributed by atoms with Crippen molar-refractivity contribution in [2.45, 2.75) is 70.0 Å². The molecule has 2 heterocycles. The number of hydrogen-bond donors (Lipinski definition) is 1. The zero-order chi connectivity index (χ0) is 13.5. The van der Waals surface area contributed by atoms with Crippen LogP contribution < -0.4 is 5.73 Å². The fourth-order valence-corrected chi connectivity index (χ4v) is 4.54. The summed E-state index contributed by atoms with van der Waals surface area (Å²) in [5.41, 5.74) is 6.65. The van der Waals surface area contributed by atoms with Crippen molar-refractivity contribution in [3.63, 3.8) is 0 Å². The molecule has 110 valence electrons. The normalized spacial score (nSPS) is 36.2. The van der Waals surface area contributed by atoms with Crippen molar-refractivity contribution in [3.8, 4) is 0 Å². The van der Waals surface area contributed by atoms with E-state index in [2.05, 4.69) is 23.6 Å². The molecule has 2 unspecified atom stereocenters. The van der Waals surface area contributed by atoms with Gasteiger partial charge in [0.15, 0.2) is 0 Å². The first-order valence-corrected chi connectivity index (χ1v) is 8.38. The Hall–Kier alpha value is -0.120. The number of nitrogens with zero attached hydrogens (tertiary/aromatic N) is 2. The van der Waals surface area contributed by atoms with Gasteiger partial charge in [0.2, 0.25) is 0 Å². The third-order valence-electron chi connectivity index (χ3n) is 5.54. The van der Waals surface area contributed by atoms with Crippen molar-refractivity contribution in [1.29, 1.82) is 0 Å². The van der Waals surface area contributed by atoms with Gasteiger partial charge in [-0.1, -0.05) is 20.3 Å². The minimum Gasteiger partial charge on any atom is -0.329 e. The predicted molar refractivity (Wildman–Crippen MR) is 80.2 cm³/mol. The standard InChI is InChI=1S/C16H31N3/c1-13(2)11-19(14-6-7-14)16(12-17)8-10-18-9-4-3-5-15(16)18/h13-15H,3-12,17H2,1-2H3. The summed E-state index contributed by atoms with van der Waals surface area (Å²) in [5.74, 6) is 0.752. The third kappa shape index (κ3) is 2.45. The van der Waals surface area contributed by atoms with E-state index in [9.17, 15) is 0 Å². The van der Waals surface area contributed by atoms with Crippen LogP contribution in [0.15, 0.2) is 0 Å². The summed E-state index contributed by atoms with van der Waals surface area (Å²) in [5, 5.41) is 0. The van der Waals surface area contributed by atoms with E-state index in [1.54, 1.807) is 0 Å². The third-order valence-corrected chi connectivity index (χ3v) is 5.54. The van der Waals surface area contributed by atoms with Gasteiger partial charge in [-0.05, 0) is 44.6 Å². The first kappa shape index (κ1) is 13.8. The predicted octanol–water partition coefficient (Wildman–Crippen LogP) is 2.06. The molecule has 0 radical (unpaired) electrons. The van der Waals surface area contributed by atoms with Crippen LogP contribution in [0.3, 0.4) is 0 Å². The van der Waals surface area contributed by atoms with Gasteiger partial charge in [0.25, 0.3) is 0 Å². The average Bonchev–Trinajstić information content (AvgIpc) is 3.17. The average molecular weight is 265 g/mol. The lowest BCUT2D eigenvalue weighted by molar-refractivity contribution is 0.0231. The second-order valence-electron chi connectivity index (χ2n) is 7.38. The maximum Gasteiger partial charge on any atom is 0.0501 e. The van der Waals surface area contributed by atoms with Crippen molar-refractivity contribution in [2.24, 2.45) is 11.7 Å². The molecule has 0 amide bonds. The summed E-state index contributed by atoms with van der Waals surface area (Å²) in [7, 11) is 0. The van der Waals surface area contributed by atoms with E-state index in [0.29, 0.717) is 5.54 Å². The van der Waals surface area contributed by atoms with E-state index in [1.807, 2.05) is 0 Å². The maximum atomic E-state index is 6.35. The molecule has 2 atom stereocenters. The van der Waals surface area contributed by atoms with Crippen LogP contribution in [0.2, 0.25) is 0 Å². The molecule has 1 saturated carbocycles. The maximum absolute atomic E-state index is 6.35. The molecule has 1 aliphatic carbocycles. The zero-order valence-electron chi connectivity index (χ0n) is 12.8. The Morgan fingerprint density at radius 2 is 2.00 bits per heavy atom. The second-order valence-corrected chi connectivity index (χ2v) is 7.38. The first-order chi connectivity index (χ1) is 9.17. The Balaban J connectivity index is 1.83. The van der Waals surface area contributed by atoms with E-state index in [4.69, 9.17) is 5.73 Å². The van der Waals surface area contributed by atoms with Gasteiger partial charge in [0.1, 0.15) is 0 Å². The van der Waals surface area contributed by atoms with Gasteiger partial charge in [-0.15, -0.1) is 0 Å². The van der Waals surface area contributed by atoms with Gasteiger partial charge in [-0.2, -0.15) is 0 Å².